The van der Waals surface area contributed by atoms with Gasteiger partial charge in [-0.05, 0) is 47.2 Å². The number of hydrogen-bond donors (Lipinski definition) is 1. The molecule has 1 aromatic carbocycles. The van der Waals surface area contributed by atoms with Crippen molar-refractivity contribution in [3.63, 3.8) is 0 Å². The molecular formula is C11H11IN2OS. The van der Waals surface area contributed by atoms with Crippen LogP contribution in [0.4, 0.5) is 0 Å². The highest BCUT2D eigenvalue weighted by Gasteiger charge is 2.14. The first-order valence-electron chi connectivity index (χ1n) is 4.92. The molecule has 1 aliphatic rings. The molecule has 0 spiro atoms. The predicted octanol–water partition coefficient (Wildman–Crippen LogP) is 2.43. The second kappa shape index (κ2) is 5.18. The topological polar surface area (TPSA) is 41.5 Å². The molecule has 16 heavy (non-hydrogen) atoms. The van der Waals surface area contributed by atoms with Crippen LogP contribution in [-0.4, -0.2) is 23.4 Å². The van der Waals surface area contributed by atoms with E-state index in [1.165, 1.54) is 0 Å². The quantitative estimate of drug-likeness (QED) is 0.794. The van der Waals surface area contributed by atoms with Crippen LogP contribution in [0.3, 0.4) is 0 Å². The van der Waals surface area contributed by atoms with Crippen LogP contribution in [-0.2, 0) is 0 Å². The summed E-state index contributed by atoms with van der Waals surface area (Å²) >= 11 is 3.82. The first-order chi connectivity index (χ1) is 7.68. The molecule has 5 heteroatoms. The number of aliphatic imine (C=N–C) groups is 1. The number of nitrogens with one attached hydrogen (secondary N) is 1. The van der Waals surface area contributed by atoms with Gasteiger partial charge in [0.2, 0.25) is 0 Å². The Bertz CT molecular complexity index is 459. The van der Waals surface area contributed by atoms with Crippen LogP contribution in [0.1, 0.15) is 15.9 Å². The molecule has 2 rings (SSSR count). The van der Waals surface area contributed by atoms with E-state index in [1.54, 1.807) is 11.8 Å². The third kappa shape index (κ3) is 2.57. The van der Waals surface area contributed by atoms with Crippen LogP contribution >= 0.6 is 34.4 Å². The average molecular weight is 346 g/mol. The van der Waals surface area contributed by atoms with Gasteiger partial charge in [0.05, 0.1) is 6.54 Å². The standard InChI is InChI=1S/C11H11IN2OS/c1-7-8(3-2-4-9(7)12)10(15)14-11-13-5-6-16-11/h2-4H,5-6H2,1H3,(H,13,14,15). The van der Waals surface area contributed by atoms with E-state index in [0.717, 1.165) is 32.2 Å². The maximum atomic E-state index is 12.0. The van der Waals surface area contributed by atoms with Crippen LogP contribution in [0.2, 0.25) is 0 Å². The van der Waals surface area contributed by atoms with Crippen molar-refractivity contribution in [1.82, 2.24) is 5.32 Å². The van der Waals surface area contributed by atoms with E-state index < -0.39 is 0 Å². The summed E-state index contributed by atoms with van der Waals surface area (Å²) in [7, 11) is 0. The summed E-state index contributed by atoms with van der Waals surface area (Å²) in [5, 5.41) is 3.57. The summed E-state index contributed by atoms with van der Waals surface area (Å²) in [6.07, 6.45) is 0. The van der Waals surface area contributed by atoms with Crippen LogP contribution in [0, 0.1) is 10.5 Å². The molecular weight excluding hydrogens is 335 g/mol. The number of benzene rings is 1. The predicted molar refractivity (Wildman–Crippen MR) is 76.1 cm³/mol. The van der Waals surface area contributed by atoms with Gasteiger partial charge in [-0.3, -0.25) is 9.79 Å². The van der Waals surface area contributed by atoms with Crippen LogP contribution in [0.15, 0.2) is 23.2 Å². The number of halogens is 1. The van der Waals surface area contributed by atoms with E-state index in [1.807, 2.05) is 25.1 Å². The second-order valence-corrected chi connectivity index (χ2v) is 5.65. The highest BCUT2D eigenvalue weighted by Crippen LogP contribution is 2.16. The minimum atomic E-state index is -0.0656. The molecule has 1 amide bonds. The van der Waals surface area contributed by atoms with E-state index in [4.69, 9.17) is 0 Å². The van der Waals surface area contributed by atoms with E-state index >= 15 is 0 Å². The fourth-order valence-electron chi connectivity index (χ4n) is 1.43. The molecule has 1 aliphatic heterocycles. The van der Waals surface area contributed by atoms with Gasteiger partial charge in [-0.2, -0.15) is 0 Å². The number of carbonyl (C=O) groups excluding carboxylic acids is 1. The van der Waals surface area contributed by atoms with Crippen LogP contribution < -0.4 is 5.32 Å². The van der Waals surface area contributed by atoms with Crippen molar-refractivity contribution in [2.24, 2.45) is 4.99 Å². The maximum Gasteiger partial charge on any atom is 0.257 e. The summed E-state index contributed by atoms with van der Waals surface area (Å²) in [4.78, 5) is 16.2. The number of rotatable bonds is 1. The smallest absolute Gasteiger partial charge is 0.257 e. The van der Waals surface area contributed by atoms with Crippen molar-refractivity contribution in [2.45, 2.75) is 6.92 Å². The Hall–Kier alpha value is -0.560. The molecule has 0 aliphatic carbocycles. The van der Waals surface area contributed by atoms with Crippen molar-refractivity contribution in [3.05, 3.63) is 32.9 Å². The Balaban J connectivity index is 2.17. The van der Waals surface area contributed by atoms with Crippen molar-refractivity contribution in [3.8, 4) is 0 Å². The first-order valence-corrected chi connectivity index (χ1v) is 6.98. The van der Waals surface area contributed by atoms with Crippen molar-refractivity contribution in [1.29, 1.82) is 0 Å². The molecule has 84 valence electrons. The third-order valence-corrected chi connectivity index (χ3v) is 4.38. The molecule has 1 aromatic rings. The van der Waals surface area contributed by atoms with Crippen LogP contribution in [0.5, 0.6) is 0 Å². The van der Waals surface area contributed by atoms with Gasteiger partial charge in [0, 0.05) is 14.9 Å². The second-order valence-electron chi connectivity index (χ2n) is 3.40. The van der Waals surface area contributed by atoms with Gasteiger partial charge in [0.1, 0.15) is 0 Å². The molecule has 0 bridgehead atoms. The molecule has 0 atom stereocenters. The van der Waals surface area contributed by atoms with Gasteiger partial charge in [0.25, 0.3) is 5.91 Å². The molecule has 0 fully saturated rings. The molecule has 3 nitrogen and oxygen atoms in total. The number of hydrogen-bond acceptors (Lipinski definition) is 3. The zero-order chi connectivity index (χ0) is 11.5. The van der Waals surface area contributed by atoms with E-state index in [-0.39, 0.29) is 5.91 Å². The Morgan fingerprint density at radius 2 is 2.38 bits per heavy atom. The zero-order valence-corrected chi connectivity index (χ0v) is 11.8. The number of amides is 1. The molecule has 0 unspecified atom stereocenters. The Labute approximate surface area is 112 Å². The van der Waals surface area contributed by atoms with Crippen molar-refractivity contribution >= 4 is 45.4 Å². The minimum Gasteiger partial charge on any atom is -0.301 e. The van der Waals surface area contributed by atoms with Crippen molar-refractivity contribution < 1.29 is 4.79 Å². The van der Waals surface area contributed by atoms with E-state index in [0.29, 0.717) is 0 Å². The fourth-order valence-corrected chi connectivity index (χ4v) is 2.65. The van der Waals surface area contributed by atoms with Crippen molar-refractivity contribution in [2.75, 3.05) is 12.3 Å². The monoisotopic (exact) mass is 346 g/mol. The van der Waals surface area contributed by atoms with Gasteiger partial charge >= 0.3 is 0 Å². The SMILES string of the molecule is Cc1c(I)cccc1C(=O)NC1=NCCS1. The van der Waals surface area contributed by atoms with Gasteiger partial charge in [-0.25, -0.2) is 0 Å². The lowest BCUT2D eigenvalue weighted by molar-refractivity contribution is 0.0977. The Kier molecular flexibility index (Phi) is 3.86. The number of thioether (sulfide) groups is 1. The number of carbonyl (C=O) groups is 1. The van der Waals surface area contributed by atoms with E-state index in [2.05, 4.69) is 32.9 Å². The van der Waals surface area contributed by atoms with Gasteiger partial charge in [0.15, 0.2) is 5.17 Å². The molecule has 0 radical (unpaired) electrons. The summed E-state index contributed by atoms with van der Waals surface area (Å²) in [6.45, 7) is 2.76. The molecule has 1 N–H and O–H groups in total. The van der Waals surface area contributed by atoms with E-state index in [9.17, 15) is 4.79 Å². The van der Waals surface area contributed by atoms with Crippen LogP contribution in [0.25, 0.3) is 0 Å². The summed E-state index contributed by atoms with van der Waals surface area (Å²) in [5.41, 5.74) is 1.74. The maximum absolute atomic E-state index is 12.0. The highest BCUT2D eigenvalue weighted by molar-refractivity contribution is 14.1. The highest BCUT2D eigenvalue weighted by atomic mass is 127. The zero-order valence-electron chi connectivity index (χ0n) is 8.79. The Morgan fingerprint density at radius 1 is 1.56 bits per heavy atom. The lowest BCUT2D eigenvalue weighted by Crippen LogP contribution is -2.28. The molecule has 0 saturated carbocycles. The van der Waals surface area contributed by atoms with Gasteiger partial charge in [-0.15, -0.1) is 0 Å². The third-order valence-electron chi connectivity index (χ3n) is 2.32. The lowest BCUT2D eigenvalue weighted by Gasteiger charge is -2.07. The summed E-state index contributed by atoms with van der Waals surface area (Å²) in [5.74, 6) is 0.894. The minimum absolute atomic E-state index is 0.0656. The fraction of sp³-hybridized carbons (Fsp3) is 0.273. The largest absolute Gasteiger partial charge is 0.301 e. The molecule has 0 saturated heterocycles. The molecule has 0 aromatic heterocycles. The summed E-state index contributed by atoms with van der Waals surface area (Å²) in [6, 6.07) is 5.73. The normalized spacial score (nSPS) is 14.8. The summed E-state index contributed by atoms with van der Waals surface area (Å²) < 4.78 is 1.10. The van der Waals surface area contributed by atoms with Gasteiger partial charge in [-0.1, -0.05) is 17.8 Å². The average Bonchev–Trinajstić information content (AvgIpc) is 2.74. The number of nitrogens with zero attached hydrogens (tertiary/aromatic N) is 1. The Morgan fingerprint density at radius 3 is 3.06 bits per heavy atom. The van der Waals surface area contributed by atoms with Gasteiger partial charge < -0.3 is 5.32 Å². The first kappa shape index (κ1) is 11.9. The molecule has 1 heterocycles. The number of amidine groups is 1. The lowest BCUT2D eigenvalue weighted by atomic mass is 10.1.